The van der Waals surface area contributed by atoms with Crippen molar-refractivity contribution in [1.82, 2.24) is 0 Å². The van der Waals surface area contributed by atoms with Gasteiger partial charge < -0.3 is 23.7 Å². The Kier molecular flexibility index (Phi) is 10.5. The predicted octanol–water partition coefficient (Wildman–Crippen LogP) is 4.70. The molecule has 0 spiro atoms. The second-order valence-corrected chi connectivity index (χ2v) is 8.32. The van der Waals surface area contributed by atoms with Gasteiger partial charge in [-0.25, -0.2) is 14.4 Å². The predicted molar refractivity (Wildman–Crippen MR) is 142 cm³/mol. The Morgan fingerprint density at radius 3 is 1.84 bits per heavy atom. The second-order valence-electron chi connectivity index (χ2n) is 8.32. The van der Waals surface area contributed by atoms with Gasteiger partial charge in [0.25, 0.3) is 0 Å². The fourth-order valence-electron chi connectivity index (χ4n) is 3.45. The van der Waals surface area contributed by atoms with Crippen molar-refractivity contribution in [3.05, 3.63) is 96.1 Å². The van der Waals surface area contributed by atoms with Gasteiger partial charge in [-0.15, -0.1) is 0 Å². The van der Waals surface area contributed by atoms with E-state index in [1.807, 2.05) is 12.1 Å². The van der Waals surface area contributed by atoms with E-state index < -0.39 is 36.2 Å². The van der Waals surface area contributed by atoms with Crippen LogP contribution < -0.4 is 9.47 Å². The number of methoxy groups -OCH3 is 2. The van der Waals surface area contributed by atoms with Crippen molar-refractivity contribution in [2.75, 3.05) is 14.2 Å². The maximum atomic E-state index is 12.5. The molecular weight excluding hydrogens is 488 g/mol. The van der Waals surface area contributed by atoms with Gasteiger partial charge in [0, 0.05) is 24.6 Å². The molecule has 8 heteroatoms. The summed E-state index contributed by atoms with van der Waals surface area (Å²) >= 11 is 0. The molecule has 0 fully saturated rings. The van der Waals surface area contributed by atoms with E-state index >= 15 is 0 Å². The van der Waals surface area contributed by atoms with Crippen LogP contribution in [0.4, 0.5) is 0 Å². The summed E-state index contributed by atoms with van der Waals surface area (Å²) in [5, 5.41) is 0. The fourth-order valence-corrected chi connectivity index (χ4v) is 3.45. The van der Waals surface area contributed by atoms with Crippen LogP contribution in [0.3, 0.4) is 0 Å². The summed E-state index contributed by atoms with van der Waals surface area (Å²) in [7, 11) is 3.15. The van der Waals surface area contributed by atoms with Crippen LogP contribution in [0.1, 0.15) is 24.5 Å². The van der Waals surface area contributed by atoms with Crippen LogP contribution in [0.2, 0.25) is 0 Å². The first-order chi connectivity index (χ1) is 18.3. The van der Waals surface area contributed by atoms with E-state index in [1.165, 1.54) is 24.3 Å². The standard InChI is InChI=1S/C30H30O8/c1-21-20-27(38-30(33)18-9-23-6-12-25(35-3)13-7-23)15-14-26(16-19-28(31)36-21)37-29(32)17-8-22-4-10-24(34-2)11-5-22/h4-19,21,26-27H,20H2,1-3H3/b15-14+,17-8+,18-9+,19-16-/t21-,26-,27-/m1/s1. The Balaban J connectivity index is 1.65. The third-order valence-corrected chi connectivity index (χ3v) is 5.39. The van der Waals surface area contributed by atoms with Crippen molar-refractivity contribution < 1.29 is 38.1 Å². The van der Waals surface area contributed by atoms with Crippen molar-refractivity contribution >= 4 is 30.1 Å². The highest BCUT2D eigenvalue weighted by Gasteiger charge is 2.19. The molecule has 2 aromatic rings. The van der Waals surface area contributed by atoms with E-state index in [9.17, 15) is 14.4 Å². The molecule has 3 atom stereocenters. The number of cyclic esters (lactones) is 1. The number of ether oxygens (including phenoxy) is 5. The van der Waals surface area contributed by atoms with Gasteiger partial charge in [-0.1, -0.05) is 24.3 Å². The smallest absolute Gasteiger partial charge is 0.331 e. The lowest BCUT2D eigenvalue weighted by atomic mass is 10.1. The lowest BCUT2D eigenvalue weighted by molar-refractivity contribution is -0.147. The normalized spacial score (nSPS) is 21.3. The van der Waals surface area contributed by atoms with Crippen LogP contribution in [0.5, 0.6) is 11.5 Å². The summed E-state index contributed by atoms with van der Waals surface area (Å²) in [5.74, 6) is -0.367. The Bertz CT molecular complexity index is 1210. The first-order valence-electron chi connectivity index (χ1n) is 12.0. The lowest BCUT2D eigenvalue weighted by Crippen LogP contribution is -2.25. The third-order valence-electron chi connectivity index (χ3n) is 5.39. The molecule has 0 unspecified atom stereocenters. The van der Waals surface area contributed by atoms with E-state index in [2.05, 4.69) is 0 Å². The number of rotatable bonds is 8. The van der Waals surface area contributed by atoms with Gasteiger partial charge in [0.2, 0.25) is 0 Å². The van der Waals surface area contributed by atoms with Crippen molar-refractivity contribution in [1.29, 1.82) is 0 Å². The summed E-state index contributed by atoms with van der Waals surface area (Å²) < 4.78 is 26.6. The highest BCUT2D eigenvalue weighted by molar-refractivity contribution is 5.88. The van der Waals surface area contributed by atoms with Crippen LogP contribution in [0, 0.1) is 0 Å². The molecule has 0 bridgehead atoms. The van der Waals surface area contributed by atoms with E-state index in [-0.39, 0.29) is 6.42 Å². The Labute approximate surface area is 221 Å². The SMILES string of the molecule is COc1ccc(/C=C/C(=O)O[C@@H]2/C=C/[C@@H](OC(=O)/C=C/c3ccc(OC)cc3)/C=C\C(=O)O[C@H](C)C2)cc1. The van der Waals surface area contributed by atoms with Crippen LogP contribution >= 0.6 is 0 Å². The van der Waals surface area contributed by atoms with Crippen LogP contribution in [0.25, 0.3) is 12.2 Å². The minimum absolute atomic E-state index is 0.232. The molecule has 3 rings (SSSR count). The lowest BCUT2D eigenvalue weighted by Gasteiger charge is -2.20. The van der Waals surface area contributed by atoms with E-state index in [1.54, 1.807) is 81.8 Å². The maximum Gasteiger partial charge on any atom is 0.331 e. The molecule has 0 aliphatic carbocycles. The van der Waals surface area contributed by atoms with Gasteiger partial charge in [0.05, 0.1) is 14.2 Å². The molecule has 198 valence electrons. The fraction of sp³-hybridized carbons (Fsp3) is 0.233. The Morgan fingerprint density at radius 2 is 1.32 bits per heavy atom. The van der Waals surface area contributed by atoms with Gasteiger partial charge in [0.1, 0.15) is 29.8 Å². The summed E-state index contributed by atoms with van der Waals surface area (Å²) in [6, 6.07) is 14.3. The molecule has 0 saturated carbocycles. The van der Waals surface area contributed by atoms with Crippen molar-refractivity contribution in [2.24, 2.45) is 0 Å². The van der Waals surface area contributed by atoms with Crippen LogP contribution in [0.15, 0.2) is 85.0 Å². The molecule has 0 saturated heterocycles. The summed E-state index contributed by atoms with van der Waals surface area (Å²) in [4.78, 5) is 37.0. The molecule has 2 aromatic carbocycles. The summed E-state index contributed by atoms with van der Waals surface area (Å²) in [6.07, 6.45) is 9.74. The average molecular weight is 519 g/mol. The van der Waals surface area contributed by atoms with Gasteiger partial charge in [-0.2, -0.15) is 0 Å². The molecular formula is C30H30O8. The van der Waals surface area contributed by atoms with Gasteiger partial charge in [-0.3, -0.25) is 0 Å². The topological polar surface area (TPSA) is 97.4 Å². The Morgan fingerprint density at radius 1 is 0.789 bits per heavy atom. The second kappa shape index (κ2) is 14.2. The van der Waals surface area contributed by atoms with Crippen molar-refractivity contribution in [3.63, 3.8) is 0 Å². The zero-order valence-corrected chi connectivity index (χ0v) is 21.4. The maximum absolute atomic E-state index is 12.5. The van der Waals surface area contributed by atoms with Gasteiger partial charge in [-0.05, 0) is 72.7 Å². The average Bonchev–Trinajstić information content (AvgIpc) is 2.92. The largest absolute Gasteiger partial charge is 0.497 e. The minimum Gasteiger partial charge on any atom is -0.497 e. The number of carbonyl (C=O) groups excluding carboxylic acids is 3. The summed E-state index contributed by atoms with van der Waals surface area (Å²) in [6.45, 7) is 1.71. The number of carbonyl (C=O) groups is 3. The third kappa shape index (κ3) is 9.46. The molecule has 0 N–H and O–H groups in total. The Hall–Kier alpha value is -4.59. The summed E-state index contributed by atoms with van der Waals surface area (Å²) in [5.41, 5.74) is 1.58. The van der Waals surface area contributed by atoms with Gasteiger partial charge in [0.15, 0.2) is 0 Å². The molecule has 1 aliphatic rings. The van der Waals surface area contributed by atoms with Gasteiger partial charge >= 0.3 is 17.9 Å². The molecule has 8 nitrogen and oxygen atoms in total. The van der Waals surface area contributed by atoms with E-state index in [0.29, 0.717) is 11.5 Å². The van der Waals surface area contributed by atoms with E-state index in [4.69, 9.17) is 23.7 Å². The monoisotopic (exact) mass is 518 g/mol. The molecule has 38 heavy (non-hydrogen) atoms. The number of esters is 3. The van der Waals surface area contributed by atoms with Crippen LogP contribution in [-0.2, 0) is 28.6 Å². The molecule has 1 aliphatic heterocycles. The zero-order valence-electron chi connectivity index (χ0n) is 21.4. The molecule has 0 amide bonds. The highest BCUT2D eigenvalue weighted by Crippen LogP contribution is 2.16. The van der Waals surface area contributed by atoms with Crippen molar-refractivity contribution in [2.45, 2.75) is 31.7 Å². The van der Waals surface area contributed by atoms with Crippen molar-refractivity contribution in [3.8, 4) is 11.5 Å². The molecule has 1 heterocycles. The van der Waals surface area contributed by atoms with E-state index in [0.717, 1.165) is 11.1 Å². The molecule has 0 aromatic heterocycles. The first-order valence-corrected chi connectivity index (χ1v) is 12.0. The quantitative estimate of drug-likeness (QED) is 0.215. The molecule has 0 radical (unpaired) electrons. The van der Waals surface area contributed by atoms with Crippen LogP contribution in [-0.4, -0.2) is 50.4 Å². The zero-order chi connectivity index (χ0) is 27.3. The number of hydrogen-bond acceptors (Lipinski definition) is 8. The minimum atomic E-state index is -0.875. The number of benzene rings is 2. The first kappa shape index (κ1) is 28.0. The number of hydrogen-bond donors (Lipinski definition) is 0. The highest BCUT2D eigenvalue weighted by atomic mass is 16.6.